The average molecular weight is 702 g/mol. The molecule has 0 atom stereocenters. The van der Waals surface area contributed by atoms with Crippen LogP contribution < -0.4 is 10.1 Å². The van der Waals surface area contributed by atoms with E-state index < -0.39 is 5.60 Å². The Kier molecular flexibility index (Phi) is 18.8. The predicted molar refractivity (Wildman–Crippen MR) is 196 cm³/mol. The molecule has 0 saturated heterocycles. The van der Waals surface area contributed by atoms with Crippen molar-refractivity contribution in [2.45, 2.75) is 12.5 Å². The average Bonchev–Trinajstić information content (AvgIpc) is 3.17. The maximum absolute atomic E-state index is 11.1. The standard InChI is InChI=1S/C41H51NO9/c1-35(43)42-39-17-19-40(20-18-39)50-33-31-48-29-27-46-25-23-44-21-22-45-24-26-47-28-30-49-32-34-51-41(36-11-5-2-6-12-36,37-13-7-3-8-14-37)38-15-9-4-10-16-38/h2-20H,21-34H2,1H3,(H,42,43). The number of nitrogens with one attached hydrogen (secondary N) is 1. The molecule has 0 saturated carbocycles. The molecule has 0 aliphatic heterocycles. The summed E-state index contributed by atoms with van der Waals surface area (Å²) in [6, 6.07) is 38.1. The van der Waals surface area contributed by atoms with E-state index in [4.69, 9.17) is 37.9 Å². The maximum atomic E-state index is 11.1. The first-order valence-electron chi connectivity index (χ1n) is 17.5. The van der Waals surface area contributed by atoms with Crippen LogP contribution in [0.1, 0.15) is 23.6 Å². The lowest BCUT2D eigenvalue weighted by Gasteiger charge is -2.36. The number of ether oxygens (including phenoxy) is 8. The third-order valence-corrected chi connectivity index (χ3v) is 7.62. The van der Waals surface area contributed by atoms with Crippen LogP contribution in [-0.2, 0) is 43.6 Å². The molecule has 0 spiro atoms. The molecule has 4 aromatic rings. The lowest BCUT2D eigenvalue weighted by Crippen LogP contribution is -2.34. The predicted octanol–water partition coefficient (Wildman–Crippen LogP) is 6.13. The van der Waals surface area contributed by atoms with Crippen LogP contribution in [0.25, 0.3) is 0 Å². The Hall–Kier alpha value is -4.13. The smallest absolute Gasteiger partial charge is 0.221 e. The summed E-state index contributed by atoms with van der Waals surface area (Å²) in [7, 11) is 0. The van der Waals surface area contributed by atoms with Gasteiger partial charge in [0.1, 0.15) is 18.0 Å². The molecule has 4 rings (SSSR count). The van der Waals surface area contributed by atoms with Crippen molar-refractivity contribution in [3.63, 3.8) is 0 Å². The van der Waals surface area contributed by atoms with E-state index in [1.54, 1.807) is 24.3 Å². The Morgan fingerprint density at radius 2 is 0.784 bits per heavy atom. The quantitative estimate of drug-likeness (QED) is 0.0581. The lowest BCUT2D eigenvalue weighted by molar-refractivity contribution is -0.114. The summed E-state index contributed by atoms with van der Waals surface area (Å²) in [5.74, 6) is 0.610. The number of carbonyl (C=O) groups excluding carboxylic acids is 1. The molecule has 0 aromatic heterocycles. The number of hydrogen-bond donors (Lipinski definition) is 1. The van der Waals surface area contributed by atoms with Gasteiger partial charge in [0.15, 0.2) is 0 Å². The molecule has 1 N–H and O–H groups in total. The van der Waals surface area contributed by atoms with E-state index in [9.17, 15) is 4.79 Å². The second-order valence-electron chi connectivity index (χ2n) is 11.4. The Bertz CT molecular complexity index is 1360. The summed E-state index contributed by atoms with van der Waals surface area (Å²) in [6.07, 6.45) is 0. The van der Waals surface area contributed by atoms with Crippen molar-refractivity contribution in [3.8, 4) is 5.75 Å². The van der Waals surface area contributed by atoms with Crippen molar-refractivity contribution < 1.29 is 42.7 Å². The summed E-state index contributed by atoms with van der Waals surface area (Å²) in [6.45, 7) is 8.03. The van der Waals surface area contributed by atoms with Crippen LogP contribution in [-0.4, -0.2) is 98.4 Å². The third kappa shape index (κ3) is 14.6. The second-order valence-corrected chi connectivity index (χ2v) is 11.4. The maximum Gasteiger partial charge on any atom is 0.221 e. The highest BCUT2D eigenvalue weighted by molar-refractivity contribution is 5.88. The highest BCUT2D eigenvalue weighted by Crippen LogP contribution is 2.40. The fourth-order valence-corrected chi connectivity index (χ4v) is 5.28. The zero-order valence-corrected chi connectivity index (χ0v) is 29.5. The molecule has 10 heteroatoms. The zero-order valence-electron chi connectivity index (χ0n) is 29.5. The van der Waals surface area contributed by atoms with Gasteiger partial charge in [-0.05, 0) is 41.0 Å². The van der Waals surface area contributed by atoms with Crippen LogP contribution in [0.15, 0.2) is 115 Å². The Labute approximate surface area is 301 Å². The summed E-state index contributed by atoms with van der Waals surface area (Å²) < 4.78 is 46.0. The van der Waals surface area contributed by atoms with E-state index >= 15 is 0 Å². The number of benzene rings is 4. The molecular weight excluding hydrogens is 650 g/mol. The molecule has 51 heavy (non-hydrogen) atoms. The van der Waals surface area contributed by atoms with Gasteiger partial charge in [-0.15, -0.1) is 0 Å². The summed E-state index contributed by atoms with van der Waals surface area (Å²) in [5.41, 5.74) is 3.17. The van der Waals surface area contributed by atoms with E-state index in [-0.39, 0.29) is 5.91 Å². The first-order chi connectivity index (χ1) is 25.2. The number of hydrogen-bond acceptors (Lipinski definition) is 9. The fraction of sp³-hybridized carbons (Fsp3) is 0.390. The summed E-state index contributed by atoms with van der Waals surface area (Å²) in [4.78, 5) is 11.1. The number of amides is 1. The summed E-state index contributed by atoms with van der Waals surface area (Å²) in [5, 5.41) is 2.72. The van der Waals surface area contributed by atoms with Crippen molar-refractivity contribution in [1.82, 2.24) is 0 Å². The Morgan fingerprint density at radius 3 is 1.14 bits per heavy atom. The monoisotopic (exact) mass is 701 g/mol. The van der Waals surface area contributed by atoms with Crippen molar-refractivity contribution in [2.75, 3.05) is 97.8 Å². The Morgan fingerprint density at radius 1 is 0.451 bits per heavy atom. The van der Waals surface area contributed by atoms with Gasteiger partial charge in [0.2, 0.25) is 5.91 Å². The molecule has 0 fully saturated rings. The van der Waals surface area contributed by atoms with Gasteiger partial charge in [0, 0.05) is 12.6 Å². The van der Waals surface area contributed by atoms with Gasteiger partial charge < -0.3 is 43.2 Å². The van der Waals surface area contributed by atoms with Crippen LogP contribution in [0.2, 0.25) is 0 Å². The van der Waals surface area contributed by atoms with Crippen LogP contribution >= 0.6 is 0 Å². The van der Waals surface area contributed by atoms with Crippen molar-refractivity contribution in [3.05, 3.63) is 132 Å². The third-order valence-electron chi connectivity index (χ3n) is 7.62. The normalized spacial score (nSPS) is 11.4. The molecule has 4 aromatic carbocycles. The molecule has 0 heterocycles. The SMILES string of the molecule is CC(=O)Nc1ccc(OCCOCCOCCOCCOCCOCCOCCOC(c2ccccc2)(c2ccccc2)c2ccccc2)cc1. The molecule has 1 amide bonds. The van der Waals surface area contributed by atoms with E-state index in [0.717, 1.165) is 28.1 Å². The Balaban J connectivity index is 0.952. The minimum Gasteiger partial charge on any atom is -0.491 e. The van der Waals surface area contributed by atoms with Gasteiger partial charge in [-0.2, -0.15) is 0 Å². The van der Waals surface area contributed by atoms with Gasteiger partial charge in [0.25, 0.3) is 0 Å². The summed E-state index contributed by atoms with van der Waals surface area (Å²) >= 11 is 0. The van der Waals surface area contributed by atoms with Crippen LogP contribution in [0, 0.1) is 0 Å². The van der Waals surface area contributed by atoms with Crippen molar-refractivity contribution >= 4 is 11.6 Å². The molecule has 274 valence electrons. The minimum atomic E-state index is -0.753. The number of anilines is 1. The van der Waals surface area contributed by atoms with Gasteiger partial charge in [-0.3, -0.25) is 4.79 Å². The van der Waals surface area contributed by atoms with E-state index in [2.05, 4.69) is 41.7 Å². The minimum absolute atomic E-state index is 0.107. The number of carbonyl (C=O) groups is 1. The van der Waals surface area contributed by atoms with Gasteiger partial charge in [-0.25, -0.2) is 0 Å². The van der Waals surface area contributed by atoms with E-state index in [0.29, 0.717) is 92.5 Å². The van der Waals surface area contributed by atoms with Gasteiger partial charge >= 0.3 is 0 Å². The molecule has 0 radical (unpaired) electrons. The zero-order chi connectivity index (χ0) is 35.7. The van der Waals surface area contributed by atoms with Gasteiger partial charge in [0.05, 0.1) is 85.9 Å². The molecule has 0 aliphatic rings. The first kappa shape index (κ1) is 39.7. The van der Waals surface area contributed by atoms with E-state index in [1.807, 2.05) is 54.6 Å². The second kappa shape index (κ2) is 24.1. The van der Waals surface area contributed by atoms with Crippen LogP contribution in [0.3, 0.4) is 0 Å². The van der Waals surface area contributed by atoms with Gasteiger partial charge in [-0.1, -0.05) is 91.0 Å². The van der Waals surface area contributed by atoms with E-state index in [1.165, 1.54) is 6.92 Å². The lowest BCUT2D eigenvalue weighted by atomic mass is 9.80. The van der Waals surface area contributed by atoms with Crippen LogP contribution in [0.5, 0.6) is 5.75 Å². The fourth-order valence-electron chi connectivity index (χ4n) is 5.28. The molecule has 10 nitrogen and oxygen atoms in total. The molecular formula is C41H51NO9. The molecule has 0 aliphatic carbocycles. The molecule has 0 bridgehead atoms. The van der Waals surface area contributed by atoms with Crippen molar-refractivity contribution in [2.24, 2.45) is 0 Å². The highest BCUT2D eigenvalue weighted by Gasteiger charge is 2.37. The van der Waals surface area contributed by atoms with Crippen molar-refractivity contribution in [1.29, 1.82) is 0 Å². The number of rotatable bonds is 27. The van der Waals surface area contributed by atoms with Crippen LogP contribution in [0.4, 0.5) is 5.69 Å². The molecule has 0 unspecified atom stereocenters. The largest absolute Gasteiger partial charge is 0.491 e. The topological polar surface area (TPSA) is 103 Å². The first-order valence-corrected chi connectivity index (χ1v) is 17.5. The highest BCUT2D eigenvalue weighted by atomic mass is 16.6.